The van der Waals surface area contributed by atoms with Crippen molar-refractivity contribution >= 4 is 11.8 Å². The minimum absolute atomic E-state index is 0.153. The Morgan fingerprint density at radius 1 is 1.16 bits per heavy atom. The quantitative estimate of drug-likeness (QED) is 0.248. The van der Waals surface area contributed by atoms with E-state index in [0.717, 1.165) is 0 Å². The van der Waals surface area contributed by atoms with Gasteiger partial charge in [0.2, 0.25) is 0 Å². The summed E-state index contributed by atoms with van der Waals surface area (Å²) in [5.41, 5.74) is 1.73. The van der Waals surface area contributed by atoms with Crippen LogP contribution in [0.5, 0.6) is 0 Å². The molecule has 0 aromatic rings. The van der Waals surface area contributed by atoms with Crippen LogP contribution in [0.2, 0.25) is 0 Å². The Labute approximate surface area is 178 Å². The van der Waals surface area contributed by atoms with Crippen molar-refractivity contribution in [2.24, 2.45) is 11.8 Å². The van der Waals surface area contributed by atoms with E-state index < -0.39 is 67.3 Å². The van der Waals surface area contributed by atoms with Crippen molar-refractivity contribution in [2.75, 3.05) is 13.2 Å². The lowest BCUT2D eigenvalue weighted by Crippen LogP contribution is -2.59. The highest BCUT2D eigenvalue weighted by Crippen LogP contribution is 2.47. The Bertz CT molecular complexity index is 858. The molecule has 9 atom stereocenters. The summed E-state index contributed by atoms with van der Waals surface area (Å²) < 4.78 is 16.4. The van der Waals surface area contributed by atoms with Gasteiger partial charge in [-0.25, -0.2) is 4.79 Å². The van der Waals surface area contributed by atoms with Crippen LogP contribution in [0.3, 0.4) is 0 Å². The van der Waals surface area contributed by atoms with Crippen molar-refractivity contribution in [3.8, 4) is 0 Å². The molecule has 0 radical (unpaired) electrons. The highest BCUT2D eigenvalue weighted by atomic mass is 16.7. The average Bonchev–Trinajstić information content (AvgIpc) is 3.17. The van der Waals surface area contributed by atoms with E-state index in [-0.39, 0.29) is 24.4 Å². The predicted octanol–water partition coefficient (Wildman–Crippen LogP) is -1.89. The van der Waals surface area contributed by atoms with Crippen LogP contribution >= 0.6 is 0 Å². The van der Waals surface area contributed by atoms with Gasteiger partial charge in [-0.3, -0.25) is 4.79 Å². The molecule has 10 heteroatoms. The second-order valence-corrected chi connectivity index (χ2v) is 8.46. The summed E-state index contributed by atoms with van der Waals surface area (Å²) in [5.74, 6) is -2.23. The maximum absolute atomic E-state index is 12.7. The van der Waals surface area contributed by atoms with E-state index in [1.165, 1.54) is 6.08 Å². The van der Waals surface area contributed by atoms with Crippen molar-refractivity contribution in [3.05, 3.63) is 34.9 Å². The Morgan fingerprint density at radius 2 is 1.87 bits per heavy atom. The third-order valence-electron chi connectivity index (χ3n) is 6.53. The van der Waals surface area contributed by atoms with Crippen molar-refractivity contribution in [3.63, 3.8) is 0 Å². The monoisotopic (exact) mass is 438 g/mol. The molecule has 0 saturated carbocycles. The number of hydrogen-bond acceptors (Lipinski definition) is 10. The van der Waals surface area contributed by atoms with Gasteiger partial charge in [0, 0.05) is 17.1 Å². The maximum Gasteiger partial charge on any atom is 0.334 e. The SMILES string of the molecule is C=C1C(=O)O[C@@H]2[C@H]3C(CO[C@@H]4O[C@H](CO)[C@@H](O)[C@H](O)[C@H]4O)=CC(=O)C3=C(C)C[C@H](O)[C@@H]12. The first-order valence-electron chi connectivity index (χ1n) is 10.1. The second-order valence-electron chi connectivity index (χ2n) is 8.46. The first-order valence-corrected chi connectivity index (χ1v) is 10.1. The first-order chi connectivity index (χ1) is 14.6. The number of allylic oxidation sites excluding steroid dienone is 1. The molecule has 0 bridgehead atoms. The molecule has 2 fully saturated rings. The van der Waals surface area contributed by atoms with Gasteiger partial charge in [0.25, 0.3) is 0 Å². The summed E-state index contributed by atoms with van der Waals surface area (Å²) in [7, 11) is 0. The van der Waals surface area contributed by atoms with Crippen LogP contribution in [0, 0.1) is 11.8 Å². The Morgan fingerprint density at radius 3 is 2.55 bits per heavy atom. The van der Waals surface area contributed by atoms with Gasteiger partial charge >= 0.3 is 5.97 Å². The molecule has 4 aliphatic rings. The van der Waals surface area contributed by atoms with Crippen LogP contribution in [0.25, 0.3) is 0 Å². The number of carbonyl (C=O) groups is 2. The predicted molar refractivity (Wildman–Crippen MR) is 102 cm³/mol. The van der Waals surface area contributed by atoms with Crippen molar-refractivity contribution in [1.29, 1.82) is 0 Å². The van der Waals surface area contributed by atoms with E-state index >= 15 is 0 Å². The molecule has 2 aliphatic carbocycles. The molecule has 2 heterocycles. The molecule has 5 N–H and O–H groups in total. The third-order valence-corrected chi connectivity index (χ3v) is 6.53. The minimum Gasteiger partial charge on any atom is -0.457 e. The number of aliphatic hydroxyl groups excluding tert-OH is 5. The van der Waals surface area contributed by atoms with Gasteiger partial charge in [0.05, 0.1) is 25.2 Å². The molecule has 0 unspecified atom stereocenters. The lowest BCUT2D eigenvalue weighted by atomic mass is 9.82. The van der Waals surface area contributed by atoms with E-state index in [1.54, 1.807) is 6.92 Å². The number of fused-ring (bicyclic) bond motifs is 3. The normalized spacial score (nSPS) is 42.8. The molecule has 31 heavy (non-hydrogen) atoms. The molecular formula is C21H26O10. The van der Waals surface area contributed by atoms with Crippen molar-refractivity contribution < 1.29 is 49.3 Å². The summed E-state index contributed by atoms with van der Waals surface area (Å²) in [6.45, 7) is 4.67. The zero-order valence-corrected chi connectivity index (χ0v) is 16.9. The number of hydrogen-bond donors (Lipinski definition) is 5. The molecule has 0 spiro atoms. The molecule has 2 saturated heterocycles. The molecular weight excluding hydrogens is 412 g/mol. The largest absolute Gasteiger partial charge is 0.457 e. The van der Waals surface area contributed by atoms with Gasteiger partial charge in [-0.05, 0) is 25.0 Å². The highest BCUT2D eigenvalue weighted by molar-refractivity contribution is 6.09. The second kappa shape index (κ2) is 8.21. The molecule has 0 aromatic carbocycles. The summed E-state index contributed by atoms with van der Waals surface area (Å²) in [6, 6.07) is 0. The fourth-order valence-electron chi connectivity index (χ4n) is 4.92. The highest BCUT2D eigenvalue weighted by Gasteiger charge is 2.53. The third kappa shape index (κ3) is 3.58. The molecule has 2 aliphatic heterocycles. The number of aliphatic hydroxyl groups is 5. The zero-order chi connectivity index (χ0) is 22.6. The Hall–Kier alpha value is -1.92. The van der Waals surface area contributed by atoms with Gasteiger partial charge in [-0.15, -0.1) is 0 Å². The van der Waals surface area contributed by atoms with E-state index in [0.29, 0.717) is 16.7 Å². The average molecular weight is 438 g/mol. The standard InChI is InChI=1S/C21H26O10/c1-7-3-10(23)14-8(2)20(28)31-19(14)15-9(4-11(24)13(7)15)6-29-21-18(27)17(26)16(25)12(5-22)30-21/h4,10,12,14-19,21-23,25-27H,2-3,5-6H2,1H3/t10-,12+,14+,15-,16+,17-,18+,19-,21+/m0/s1. The number of ketones is 1. The zero-order valence-electron chi connectivity index (χ0n) is 16.9. The van der Waals surface area contributed by atoms with Crippen LogP contribution in [-0.4, -0.2) is 93.4 Å². The van der Waals surface area contributed by atoms with Gasteiger partial charge in [0.15, 0.2) is 12.1 Å². The summed E-state index contributed by atoms with van der Waals surface area (Å²) in [6.07, 6.45) is -7.37. The molecule has 0 amide bonds. The first kappa shape index (κ1) is 22.3. The van der Waals surface area contributed by atoms with Crippen molar-refractivity contribution in [1.82, 2.24) is 0 Å². The Kier molecular flexibility index (Phi) is 5.90. The van der Waals surface area contributed by atoms with Gasteiger partial charge < -0.3 is 39.7 Å². The number of ether oxygens (including phenoxy) is 3. The minimum atomic E-state index is -1.59. The lowest BCUT2D eigenvalue weighted by molar-refractivity contribution is -0.299. The fourth-order valence-corrected chi connectivity index (χ4v) is 4.92. The lowest BCUT2D eigenvalue weighted by Gasteiger charge is -2.39. The Balaban J connectivity index is 1.57. The maximum atomic E-state index is 12.7. The molecule has 170 valence electrons. The molecule has 10 nitrogen and oxygen atoms in total. The van der Waals surface area contributed by atoms with Gasteiger partial charge in [0.1, 0.15) is 30.5 Å². The van der Waals surface area contributed by atoms with Crippen LogP contribution < -0.4 is 0 Å². The molecule has 4 rings (SSSR count). The smallest absolute Gasteiger partial charge is 0.334 e. The topological polar surface area (TPSA) is 163 Å². The van der Waals surface area contributed by atoms with Crippen LogP contribution in [0.15, 0.2) is 34.9 Å². The van der Waals surface area contributed by atoms with Gasteiger partial charge in [-0.2, -0.15) is 0 Å². The van der Waals surface area contributed by atoms with Crippen LogP contribution in [-0.2, 0) is 23.8 Å². The van der Waals surface area contributed by atoms with Gasteiger partial charge in [-0.1, -0.05) is 12.2 Å². The number of esters is 1. The summed E-state index contributed by atoms with van der Waals surface area (Å²) in [5, 5.41) is 49.9. The van der Waals surface area contributed by atoms with Crippen LogP contribution in [0.4, 0.5) is 0 Å². The van der Waals surface area contributed by atoms with Crippen molar-refractivity contribution in [2.45, 2.75) is 56.3 Å². The van der Waals surface area contributed by atoms with E-state index in [1.807, 2.05) is 0 Å². The van der Waals surface area contributed by atoms with Crippen LogP contribution in [0.1, 0.15) is 13.3 Å². The number of carbonyl (C=O) groups excluding carboxylic acids is 2. The van der Waals surface area contributed by atoms with E-state index in [4.69, 9.17) is 14.2 Å². The summed E-state index contributed by atoms with van der Waals surface area (Å²) in [4.78, 5) is 24.9. The number of rotatable bonds is 4. The fraction of sp³-hybridized carbons (Fsp3) is 0.619. The summed E-state index contributed by atoms with van der Waals surface area (Å²) >= 11 is 0. The molecule has 0 aromatic heterocycles. The van der Waals surface area contributed by atoms with E-state index in [9.17, 15) is 35.1 Å². The van der Waals surface area contributed by atoms with E-state index in [2.05, 4.69) is 6.58 Å².